The van der Waals surface area contributed by atoms with Gasteiger partial charge >= 0.3 is 5.97 Å². The molecule has 0 aliphatic rings. The zero-order valence-corrected chi connectivity index (χ0v) is 15.8. The third-order valence-corrected chi connectivity index (χ3v) is 3.70. The Labute approximate surface area is 160 Å². The van der Waals surface area contributed by atoms with Gasteiger partial charge in [-0.05, 0) is 19.1 Å². The van der Waals surface area contributed by atoms with Crippen LogP contribution in [-0.4, -0.2) is 47.5 Å². The van der Waals surface area contributed by atoms with Crippen molar-refractivity contribution in [3.63, 3.8) is 0 Å². The van der Waals surface area contributed by atoms with E-state index in [1.807, 2.05) is 0 Å². The van der Waals surface area contributed by atoms with Crippen LogP contribution in [0.5, 0.6) is 17.2 Å². The molecule has 0 fully saturated rings. The zero-order valence-electron chi connectivity index (χ0n) is 15.8. The summed E-state index contributed by atoms with van der Waals surface area (Å²) >= 11 is 0. The highest BCUT2D eigenvalue weighted by atomic mass is 16.5. The summed E-state index contributed by atoms with van der Waals surface area (Å²) in [7, 11) is 4.53. The molecule has 0 unspecified atom stereocenters. The Bertz CT molecular complexity index is 945. The van der Waals surface area contributed by atoms with E-state index in [2.05, 4.69) is 20.2 Å². The lowest BCUT2D eigenvalue weighted by Gasteiger charge is -2.12. The van der Waals surface area contributed by atoms with Gasteiger partial charge in [0.2, 0.25) is 11.6 Å². The minimum absolute atomic E-state index is 0.0926. The summed E-state index contributed by atoms with van der Waals surface area (Å²) in [5.74, 6) is 1.03. The molecule has 0 saturated heterocycles. The lowest BCUT2D eigenvalue weighted by Crippen LogP contribution is -2.08. The molecule has 0 spiro atoms. The van der Waals surface area contributed by atoms with Crippen LogP contribution in [0.4, 0.5) is 0 Å². The second-order valence-corrected chi connectivity index (χ2v) is 5.53. The van der Waals surface area contributed by atoms with Crippen molar-refractivity contribution in [3.05, 3.63) is 41.8 Å². The number of aromatic nitrogens is 4. The summed E-state index contributed by atoms with van der Waals surface area (Å²) < 4.78 is 26.6. The van der Waals surface area contributed by atoms with Crippen molar-refractivity contribution < 1.29 is 28.2 Å². The molecule has 3 aromatic rings. The van der Waals surface area contributed by atoms with Gasteiger partial charge < -0.3 is 23.4 Å². The van der Waals surface area contributed by atoms with Gasteiger partial charge in [-0.15, -0.1) is 10.2 Å². The van der Waals surface area contributed by atoms with Gasteiger partial charge in [0.05, 0.1) is 33.2 Å². The fraction of sp³-hybridized carbons (Fsp3) is 0.278. The van der Waals surface area contributed by atoms with E-state index in [0.29, 0.717) is 28.5 Å². The standard InChI is InChI=1S/C18H18N4O6/c1-10-7-20-12(8-19-10)18(23)27-9-15-21-22-17(28-15)11-5-13(24-2)16(26-4)14(6-11)25-3/h5-8H,9H2,1-4H3. The van der Waals surface area contributed by atoms with Crippen molar-refractivity contribution in [2.24, 2.45) is 0 Å². The van der Waals surface area contributed by atoms with E-state index >= 15 is 0 Å². The Balaban J connectivity index is 1.75. The topological polar surface area (TPSA) is 119 Å². The monoisotopic (exact) mass is 386 g/mol. The average Bonchev–Trinajstić information content (AvgIpc) is 3.20. The van der Waals surface area contributed by atoms with Crippen molar-refractivity contribution >= 4 is 5.97 Å². The molecule has 0 atom stereocenters. The summed E-state index contributed by atoms with van der Waals surface area (Å²) in [5.41, 5.74) is 1.35. The van der Waals surface area contributed by atoms with E-state index in [-0.39, 0.29) is 24.1 Å². The molecule has 2 aromatic heterocycles. The Morgan fingerprint density at radius 2 is 1.71 bits per heavy atom. The van der Waals surface area contributed by atoms with Crippen LogP contribution in [0.3, 0.4) is 0 Å². The Morgan fingerprint density at radius 3 is 2.29 bits per heavy atom. The van der Waals surface area contributed by atoms with Gasteiger partial charge in [-0.1, -0.05) is 0 Å². The predicted octanol–water partition coefficient (Wildman–Crippen LogP) is 2.22. The number of esters is 1. The molecular formula is C18H18N4O6. The maximum absolute atomic E-state index is 12.0. The molecule has 28 heavy (non-hydrogen) atoms. The largest absolute Gasteiger partial charge is 0.493 e. The Kier molecular flexibility index (Phi) is 5.68. The maximum atomic E-state index is 12.0. The van der Waals surface area contributed by atoms with E-state index in [1.54, 1.807) is 19.1 Å². The molecule has 0 amide bonds. The molecule has 0 aliphatic carbocycles. The van der Waals surface area contributed by atoms with Crippen molar-refractivity contribution in [1.82, 2.24) is 20.2 Å². The highest BCUT2D eigenvalue weighted by Gasteiger charge is 2.18. The third kappa shape index (κ3) is 4.00. The van der Waals surface area contributed by atoms with Crippen LogP contribution in [0.15, 0.2) is 28.9 Å². The van der Waals surface area contributed by atoms with E-state index in [4.69, 9.17) is 23.4 Å². The first-order valence-electron chi connectivity index (χ1n) is 8.14. The number of benzene rings is 1. The number of nitrogens with zero attached hydrogens (tertiary/aromatic N) is 4. The first-order chi connectivity index (χ1) is 13.5. The number of aryl methyl sites for hydroxylation is 1. The number of carbonyl (C=O) groups excluding carboxylic acids is 1. The molecule has 10 heteroatoms. The second-order valence-electron chi connectivity index (χ2n) is 5.53. The molecule has 0 saturated carbocycles. The summed E-state index contributed by atoms with van der Waals surface area (Å²) in [6.45, 7) is 1.57. The molecule has 0 N–H and O–H groups in total. The van der Waals surface area contributed by atoms with Crippen LogP contribution >= 0.6 is 0 Å². The van der Waals surface area contributed by atoms with Gasteiger partial charge in [-0.3, -0.25) is 4.98 Å². The molecule has 3 rings (SSSR count). The van der Waals surface area contributed by atoms with Crippen LogP contribution in [0.1, 0.15) is 22.1 Å². The summed E-state index contributed by atoms with van der Waals surface area (Å²) in [6, 6.07) is 3.35. The summed E-state index contributed by atoms with van der Waals surface area (Å²) in [5, 5.41) is 7.85. The van der Waals surface area contributed by atoms with Crippen LogP contribution in [0.2, 0.25) is 0 Å². The number of ether oxygens (including phenoxy) is 4. The van der Waals surface area contributed by atoms with E-state index in [0.717, 1.165) is 0 Å². The highest BCUT2D eigenvalue weighted by molar-refractivity contribution is 5.86. The van der Waals surface area contributed by atoms with Gasteiger partial charge in [0.15, 0.2) is 23.8 Å². The third-order valence-electron chi connectivity index (χ3n) is 3.70. The van der Waals surface area contributed by atoms with Crippen LogP contribution < -0.4 is 14.2 Å². The molecule has 0 aliphatic heterocycles. The second kappa shape index (κ2) is 8.33. The van der Waals surface area contributed by atoms with Gasteiger partial charge in [0, 0.05) is 11.8 Å². The van der Waals surface area contributed by atoms with Crippen molar-refractivity contribution in [1.29, 1.82) is 0 Å². The maximum Gasteiger partial charge on any atom is 0.359 e. The minimum Gasteiger partial charge on any atom is -0.493 e. The van der Waals surface area contributed by atoms with E-state index in [1.165, 1.54) is 33.7 Å². The van der Waals surface area contributed by atoms with E-state index in [9.17, 15) is 4.79 Å². The first kappa shape index (κ1) is 19.1. The molecule has 0 radical (unpaired) electrons. The molecule has 1 aromatic carbocycles. The summed E-state index contributed by atoms with van der Waals surface area (Å²) in [4.78, 5) is 19.9. The van der Waals surface area contributed by atoms with Gasteiger partial charge in [0.1, 0.15) is 0 Å². The molecule has 10 nitrogen and oxygen atoms in total. The number of hydrogen-bond donors (Lipinski definition) is 0. The fourth-order valence-corrected chi connectivity index (χ4v) is 2.33. The minimum atomic E-state index is -0.639. The van der Waals surface area contributed by atoms with Gasteiger partial charge in [-0.2, -0.15) is 0 Å². The van der Waals surface area contributed by atoms with Crippen molar-refractivity contribution in [2.45, 2.75) is 13.5 Å². The number of rotatable bonds is 7. The smallest absolute Gasteiger partial charge is 0.359 e. The number of hydrogen-bond acceptors (Lipinski definition) is 10. The Morgan fingerprint density at radius 1 is 1.00 bits per heavy atom. The van der Waals surface area contributed by atoms with Crippen molar-refractivity contribution in [2.75, 3.05) is 21.3 Å². The average molecular weight is 386 g/mol. The Hall–Kier alpha value is -3.69. The van der Waals surface area contributed by atoms with Gasteiger partial charge in [-0.25, -0.2) is 9.78 Å². The predicted molar refractivity (Wildman–Crippen MR) is 95.3 cm³/mol. The zero-order chi connectivity index (χ0) is 20.1. The highest BCUT2D eigenvalue weighted by Crippen LogP contribution is 2.40. The molecular weight excluding hydrogens is 368 g/mol. The summed E-state index contributed by atoms with van der Waals surface area (Å²) in [6.07, 6.45) is 2.82. The van der Waals surface area contributed by atoms with Crippen molar-refractivity contribution in [3.8, 4) is 28.7 Å². The molecule has 0 bridgehead atoms. The first-order valence-corrected chi connectivity index (χ1v) is 8.14. The molecule has 146 valence electrons. The quantitative estimate of drug-likeness (QED) is 0.559. The SMILES string of the molecule is COc1cc(-c2nnc(COC(=O)c3cnc(C)cn3)o2)cc(OC)c1OC. The molecule has 2 heterocycles. The fourth-order valence-electron chi connectivity index (χ4n) is 2.33. The number of methoxy groups -OCH3 is 3. The van der Waals surface area contributed by atoms with Crippen LogP contribution in [-0.2, 0) is 11.3 Å². The lowest BCUT2D eigenvalue weighted by molar-refractivity contribution is 0.0431. The van der Waals surface area contributed by atoms with Gasteiger partial charge in [0.25, 0.3) is 5.89 Å². The van der Waals surface area contributed by atoms with Crippen LogP contribution in [0, 0.1) is 6.92 Å². The normalized spacial score (nSPS) is 10.4. The van der Waals surface area contributed by atoms with E-state index < -0.39 is 5.97 Å². The van der Waals surface area contributed by atoms with Crippen LogP contribution in [0.25, 0.3) is 11.5 Å². The lowest BCUT2D eigenvalue weighted by atomic mass is 10.2. The number of carbonyl (C=O) groups is 1.